The Hall–Kier alpha value is -3.47. The molecule has 5 heteroatoms. The zero-order chi connectivity index (χ0) is 17.7. The van der Waals surface area contributed by atoms with E-state index in [4.69, 9.17) is 18.6 Å². The van der Waals surface area contributed by atoms with Gasteiger partial charge in [-0.1, -0.05) is 18.2 Å². The predicted molar refractivity (Wildman–Crippen MR) is 97.9 cm³/mol. The van der Waals surface area contributed by atoms with Gasteiger partial charge in [-0.3, -0.25) is 4.79 Å². The summed E-state index contributed by atoms with van der Waals surface area (Å²) in [6.45, 7) is 0.210. The standard InChI is InChI=1S/C21H14O5/c1-23-15-8-6-14-20-13(15)3-2-4-17(20)26-19(21(14)22)10-12-5-7-16-18(9-12)25-11-24-16/h2-10H,11H2,1H3/b19-10-. The lowest BCUT2D eigenvalue weighted by Crippen LogP contribution is -2.24. The van der Waals surface area contributed by atoms with Gasteiger partial charge in [0.2, 0.25) is 12.2 Å². The Balaban J connectivity index is 1.80. The van der Waals surface area contributed by atoms with Gasteiger partial charge in [0.1, 0.15) is 11.3 Å². The summed E-state index contributed by atoms with van der Waals surface area (Å²) in [6.07, 6.45) is 1.72. The molecule has 0 N–H and O–H groups in total. The van der Waals surface area contributed by atoms with Gasteiger partial charge in [-0.25, -0.2) is 0 Å². The van der Waals surface area contributed by atoms with Crippen LogP contribution >= 0.6 is 0 Å². The Labute approximate surface area is 148 Å². The van der Waals surface area contributed by atoms with E-state index in [1.54, 1.807) is 19.3 Å². The van der Waals surface area contributed by atoms with Gasteiger partial charge in [-0.05, 0) is 42.0 Å². The maximum Gasteiger partial charge on any atom is 0.231 e. The molecular weight excluding hydrogens is 332 g/mol. The van der Waals surface area contributed by atoms with E-state index >= 15 is 0 Å². The largest absolute Gasteiger partial charge is 0.496 e. The quantitative estimate of drug-likeness (QED) is 0.558. The third-order valence-electron chi connectivity index (χ3n) is 4.57. The van der Waals surface area contributed by atoms with E-state index in [1.165, 1.54) is 0 Å². The molecule has 0 unspecified atom stereocenters. The Kier molecular flexibility index (Phi) is 3.15. The smallest absolute Gasteiger partial charge is 0.231 e. The van der Waals surface area contributed by atoms with E-state index in [2.05, 4.69) is 0 Å². The zero-order valence-corrected chi connectivity index (χ0v) is 13.9. The minimum atomic E-state index is -0.158. The van der Waals surface area contributed by atoms with Crippen LogP contribution < -0.4 is 25.1 Å². The highest BCUT2D eigenvalue weighted by Gasteiger charge is 2.14. The van der Waals surface area contributed by atoms with Gasteiger partial charge in [-0.2, -0.15) is 0 Å². The van der Waals surface area contributed by atoms with Crippen LogP contribution in [0.1, 0.15) is 5.56 Å². The van der Waals surface area contributed by atoms with Gasteiger partial charge in [0, 0.05) is 16.2 Å². The van der Waals surface area contributed by atoms with Crippen LogP contribution in [0.2, 0.25) is 0 Å². The number of benzene rings is 3. The normalized spacial score (nSPS) is 13.7. The minimum Gasteiger partial charge on any atom is -0.496 e. The number of methoxy groups -OCH3 is 1. The molecule has 0 fully saturated rings. The summed E-state index contributed by atoms with van der Waals surface area (Å²) in [6, 6.07) is 14.8. The van der Waals surface area contributed by atoms with Gasteiger partial charge in [0.05, 0.1) is 7.11 Å². The average Bonchev–Trinajstić information content (AvgIpc) is 3.13. The summed E-state index contributed by atoms with van der Waals surface area (Å²) in [5.41, 5.74) is 1.56. The molecule has 0 saturated heterocycles. The second-order valence-electron chi connectivity index (χ2n) is 6.05. The van der Waals surface area contributed by atoms with Crippen molar-refractivity contribution in [2.24, 2.45) is 0 Å². The number of fused-ring (bicyclic) bond motifs is 1. The molecule has 0 atom stereocenters. The number of ether oxygens (including phenoxy) is 3. The van der Waals surface area contributed by atoms with Crippen LogP contribution in [0.25, 0.3) is 27.8 Å². The molecule has 0 aliphatic carbocycles. The summed E-state index contributed by atoms with van der Waals surface area (Å²) in [7, 11) is 1.61. The van der Waals surface area contributed by atoms with Crippen molar-refractivity contribution < 1.29 is 18.6 Å². The first-order valence-electron chi connectivity index (χ1n) is 8.18. The lowest BCUT2D eigenvalue weighted by Gasteiger charge is -2.08. The first-order chi connectivity index (χ1) is 12.7. The maximum absolute atomic E-state index is 13.0. The monoisotopic (exact) mass is 346 g/mol. The van der Waals surface area contributed by atoms with Crippen molar-refractivity contribution in [1.29, 1.82) is 0 Å². The highest BCUT2D eigenvalue weighted by Crippen LogP contribution is 2.33. The van der Waals surface area contributed by atoms with Crippen LogP contribution in [0.4, 0.5) is 0 Å². The van der Waals surface area contributed by atoms with Crippen molar-refractivity contribution in [3.63, 3.8) is 0 Å². The van der Waals surface area contributed by atoms with E-state index in [0.29, 0.717) is 28.2 Å². The lowest BCUT2D eigenvalue weighted by atomic mass is 10.0. The summed E-state index contributed by atoms with van der Waals surface area (Å²) in [4.78, 5) is 13.0. The Morgan fingerprint density at radius 3 is 2.77 bits per heavy atom. The SMILES string of the molecule is COc1ccc2c(=O)/c(=C/c3ccc4c(c3)OCO4)oc3cccc1c32. The zero-order valence-electron chi connectivity index (χ0n) is 13.9. The topological polar surface area (TPSA) is 57.9 Å². The number of hydrogen-bond acceptors (Lipinski definition) is 5. The molecule has 26 heavy (non-hydrogen) atoms. The third kappa shape index (κ3) is 2.14. The second-order valence-corrected chi connectivity index (χ2v) is 6.05. The minimum absolute atomic E-state index is 0.158. The molecule has 4 aromatic rings. The second kappa shape index (κ2) is 5.52. The van der Waals surface area contributed by atoms with E-state index in [9.17, 15) is 4.79 Å². The Morgan fingerprint density at radius 1 is 1.00 bits per heavy atom. The Bertz CT molecular complexity index is 1270. The van der Waals surface area contributed by atoms with Gasteiger partial charge in [0.15, 0.2) is 16.9 Å². The molecule has 1 aliphatic heterocycles. The first kappa shape index (κ1) is 14.8. The molecule has 1 aliphatic rings. The molecule has 0 saturated carbocycles. The first-order valence-corrected chi connectivity index (χ1v) is 8.18. The molecule has 0 spiro atoms. The van der Waals surface area contributed by atoms with Gasteiger partial charge < -0.3 is 18.6 Å². The average molecular weight is 346 g/mol. The fourth-order valence-electron chi connectivity index (χ4n) is 3.35. The van der Waals surface area contributed by atoms with E-state index < -0.39 is 0 Å². The summed E-state index contributed by atoms with van der Waals surface area (Å²) >= 11 is 0. The molecule has 0 amide bonds. The van der Waals surface area contributed by atoms with Gasteiger partial charge in [0.25, 0.3) is 0 Å². The van der Waals surface area contributed by atoms with Crippen molar-refractivity contribution in [2.45, 2.75) is 0 Å². The molecule has 0 radical (unpaired) electrons. The van der Waals surface area contributed by atoms with Crippen molar-refractivity contribution in [3.8, 4) is 17.2 Å². The van der Waals surface area contributed by atoms with E-state index in [-0.39, 0.29) is 17.6 Å². The number of rotatable bonds is 2. The summed E-state index contributed by atoms with van der Waals surface area (Å²) in [5, 5.41) is 2.24. The molecule has 3 aromatic carbocycles. The van der Waals surface area contributed by atoms with Gasteiger partial charge in [-0.15, -0.1) is 0 Å². The maximum atomic E-state index is 13.0. The van der Waals surface area contributed by atoms with Crippen LogP contribution in [-0.4, -0.2) is 13.9 Å². The predicted octanol–water partition coefficient (Wildman–Crippen LogP) is 3.23. The third-order valence-corrected chi connectivity index (χ3v) is 4.57. The highest BCUT2D eigenvalue weighted by molar-refractivity contribution is 6.09. The summed E-state index contributed by atoms with van der Waals surface area (Å²) < 4.78 is 22.0. The fraction of sp³-hybridized carbons (Fsp3) is 0.0952. The molecule has 2 heterocycles. The lowest BCUT2D eigenvalue weighted by molar-refractivity contribution is 0.174. The van der Waals surface area contributed by atoms with E-state index in [0.717, 1.165) is 16.3 Å². The Morgan fingerprint density at radius 2 is 1.88 bits per heavy atom. The van der Waals surface area contributed by atoms with Crippen LogP contribution in [0, 0.1) is 0 Å². The molecule has 1 aromatic heterocycles. The summed E-state index contributed by atoms with van der Waals surface area (Å²) in [5.74, 6) is 2.07. The van der Waals surface area contributed by atoms with E-state index in [1.807, 2.05) is 42.5 Å². The van der Waals surface area contributed by atoms with Crippen molar-refractivity contribution in [2.75, 3.05) is 13.9 Å². The number of hydrogen-bond donors (Lipinski definition) is 0. The van der Waals surface area contributed by atoms with Crippen molar-refractivity contribution >= 4 is 27.8 Å². The van der Waals surface area contributed by atoms with Crippen LogP contribution in [0.15, 0.2) is 57.7 Å². The van der Waals surface area contributed by atoms with Crippen molar-refractivity contribution in [3.05, 3.63) is 69.7 Å². The highest BCUT2D eigenvalue weighted by atomic mass is 16.7. The fourth-order valence-corrected chi connectivity index (χ4v) is 3.35. The molecule has 128 valence electrons. The molecule has 5 rings (SSSR count). The molecular formula is C21H14O5. The van der Waals surface area contributed by atoms with Crippen molar-refractivity contribution in [1.82, 2.24) is 0 Å². The van der Waals surface area contributed by atoms with Gasteiger partial charge >= 0.3 is 0 Å². The molecule has 0 bridgehead atoms. The van der Waals surface area contributed by atoms with Crippen LogP contribution in [0.5, 0.6) is 17.2 Å². The van der Waals surface area contributed by atoms with Crippen LogP contribution in [-0.2, 0) is 0 Å². The molecule has 5 nitrogen and oxygen atoms in total. The van der Waals surface area contributed by atoms with Crippen LogP contribution in [0.3, 0.4) is 0 Å².